The van der Waals surface area contributed by atoms with Gasteiger partial charge in [0, 0.05) is 32.3 Å². The molecule has 1 N–H and O–H groups in total. The molecule has 184 valence electrons. The van der Waals surface area contributed by atoms with Gasteiger partial charge in [-0.1, -0.05) is 44.2 Å². The fraction of sp³-hybridized carbons (Fsp3) is 0.481. The van der Waals surface area contributed by atoms with Gasteiger partial charge in [-0.15, -0.1) is 0 Å². The summed E-state index contributed by atoms with van der Waals surface area (Å²) in [5.74, 6) is -1.25. The number of halogens is 1. The third kappa shape index (κ3) is 6.02. The lowest BCUT2D eigenvalue weighted by Crippen LogP contribution is -2.49. The number of ether oxygens (including phenoxy) is 1. The Balaban J connectivity index is 1.94. The predicted molar refractivity (Wildman–Crippen MR) is 131 cm³/mol. The fourth-order valence-electron chi connectivity index (χ4n) is 4.76. The molecule has 0 unspecified atom stereocenters. The van der Waals surface area contributed by atoms with Crippen molar-refractivity contribution in [3.63, 3.8) is 0 Å². The summed E-state index contributed by atoms with van der Waals surface area (Å²) in [6.45, 7) is 8.26. The first-order valence-corrected chi connectivity index (χ1v) is 12.2. The largest absolute Gasteiger partial charge is 0.383 e. The number of hydrogen-bond acceptors (Lipinski definition) is 4. The van der Waals surface area contributed by atoms with E-state index in [1.54, 1.807) is 30.2 Å². The molecule has 0 radical (unpaired) electrons. The zero-order valence-electron chi connectivity index (χ0n) is 20.4. The van der Waals surface area contributed by atoms with Gasteiger partial charge < -0.3 is 19.9 Å². The highest BCUT2D eigenvalue weighted by Crippen LogP contribution is 2.42. The van der Waals surface area contributed by atoms with Crippen molar-refractivity contribution in [3.05, 3.63) is 71.0 Å². The Kier molecular flexibility index (Phi) is 9.60. The minimum atomic E-state index is -0.609. The summed E-state index contributed by atoms with van der Waals surface area (Å²) in [5, 5.41) is 3.12. The minimum absolute atomic E-state index is 0.135. The van der Waals surface area contributed by atoms with E-state index in [1.165, 1.54) is 12.1 Å². The molecule has 34 heavy (non-hydrogen) atoms. The Morgan fingerprint density at radius 1 is 1.06 bits per heavy atom. The summed E-state index contributed by atoms with van der Waals surface area (Å²) in [6.07, 6.45) is 2.13. The van der Waals surface area contributed by atoms with Crippen molar-refractivity contribution < 1.29 is 18.7 Å². The number of carbonyl (C=O) groups excluding carboxylic acids is 2. The van der Waals surface area contributed by atoms with E-state index in [2.05, 4.69) is 24.1 Å². The molecule has 0 saturated heterocycles. The van der Waals surface area contributed by atoms with Crippen LogP contribution in [0.15, 0.2) is 48.5 Å². The molecule has 2 aromatic rings. The maximum atomic E-state index is 13.7. The van der Waals surface area contributed by atoms with Crippen LogP contribution in [0.5, 0.6) is 0 Å². The van der Waals surface area contributed by atoms with Gasteiger partial charge in [0.1, 0.15) is 5.82 Å². The second kappa shape index (κ2) is 12.6. The van der Waals surface area contributed by atoms with Crippen molar-refractivity contribution in [3.8, 4) is 0 Å². The van der Waals surface area contributed by atoms with E-state index in [1.807, 2.05) is 18.2 Å². The average Bonchev–Trinajstić information content (AvgIpc) is 2.84. The number of methoxy groups -OCH3 is 1. The number of nitrogens with one attached hydrogen (secondary N) is 1. The maximum absolute atomic E-state index is 13.7. The van der Waals surface area contributed by atoms with Crippen LogP contribution in [0.3, 0.4) is 0 Å². The smallest absolute Gasteiger partial charge is 0.254 e. The number of rotatable bonds is 12. The second-order valence-electron chi connectivity index (χ2n) is 8.69. The Morgan fingerprint density at radius 2 is 1.74 bits per heavy atom. The van der Waals surface area contributed by atoms with Gasteiger partial charge in [-0.25, -0.2) is 4.39 Å². The van der Waals surface area contributed by atoms with E-state index >= 15 is 0 Å². The number of nitrogens with zero attached hydrogens (tertiary/aromatic N) is 2. The summed E-state index contributed by atoms with van der Waals surface area (Å²) >= 11 is 0. The lowest BCUT2D eigenvalue weighted by molar-refractivity contribution is -0.124. The molecule has 0 fully saturated rings. The Hall–Kier alpha value is -2.77. The summed E-state index contributed by atoms with van der Waals surface area (Å²) < 4.78 is 19.0. The lowest BCUT2D eigenvalue weighted by atomic mass is 9.79. The van der Waals surface area contributed by atoms with Gasteiger partial charge in [0.15, 0.2) is 0 Å². The fourth-order valence-corrected chi connectivity index (χ4v) is 4.76. The minimum Gasteiger partial charge on any atom is -0.383 e. The third-order valence-electron chi connectivity index (χ3n) is 6.28. The van der Waals surface area contributed by atoms with E-state index in [0.29, 0.717) is 30.8 Å². The molecule has 0 aromatic heterocycles. The number of hydrogen-bond donors (Lipinski definition) is 1. The molecule has 1 aliphatic heterocycles. The summed E-state index contributed by atoms with van der Waals surface area (Å²) in [7, 11) is 1.58. The van der Waals surface area contributed by atoms with E-state index < -0.39 is 12.0 Å². The molecule has 2 amide bonds. The summed E-state index contributed by atoms with van der Waals surface area (Å²) in [5.41, 5.74) is 1.95. The molecule has 1 heterocycles. The molecule has 0 bridgehead atoms. The van der Waals surface area contributed by atoms with Gasteiger partial charge in [-0.05, 0) is 55.3 Å². The highest BCUT2D eigenvalue weighted by molar-refractivity contribution is 6.01. The zero-order chi connectivity index (χ0) is 24.5. The van der Waals surface area contributed by atoms with Crippen LogP contribution in [0.2, 0.25) is 0 Å². The first-order valence-electron chi connectivity index (χ1n) is 12.2. The predicted octanol–water partition coefficient (Wildman–Crippen LogP) is 3.99. The van der Waals surface area contributed by atoms with Gasteiger partial charge in [0.25, 0.3) is 5.91 Å². The average molecular weight is 470 g/mol. The van der Waals surface area contributed by atoms with E-state index in [9.17, 15) is 14.0 Å². The number of fused-ring (bicyclic) bond motifs is 1. The second-order valence-corrected chi connectivity index (χ2v) is 8.69. The number of amides is 2. The summed E-state index contributed by atoms with van der Waals surface area (Å²) in [6, 6.07) is 12.8. The first kappa shape index (κ1) is 25.8. The van der Waals surface area contributed by atoms with E-state index in [0.717, 1.165) is 38.0 Å². The highest BCUT2D eigenvalue weighted by Gasteiger charge is 2.43. The van der Waals surface area contributed by atoms with Crippen LogP contribution in [0.25, 0.3) is 0 Å². The van der Waals surface area contributed by atoms with Crippen molar-refractivity contribution in [1.82, 2.24) is 15.1 Å². The molecule has 3 rings (SSSR count). The van der Waals surface area contributed by atoms with Crippen LogP contribution in [0.1, 0.15) is 60.1 Å². The van der Waals surface area contributed by atoms with Gasteiger partial charge in [0.2, 0.25) is 5.91 Å². The van der Waals surface area contributed by atoms with Gasteiger partial charge in [-0.3, -0.25) is 9.59 Å². The van der Waals surface area contributed by atoms with Crippen LogP contribution in [-0.2, 0) is 9.53 Å². The van der Waals surface area contributed by atoms with Crippen molar-refractivity contribution >= 4 is 11.8 Å². The molecular weight excluding hydrogens is 433 g/mol. The normalized spacial score (nSPS) is 17.7. The van der Waals surface area contributed by atoms with Crippen LogP contribution < -0.4 is 5.32 Å². The van der Waals surface area contributed by atoms with Gasteiger partial charge in [-0.2, -0.15) is 0 Å². The molecule has 2 aromatic carbocycles. The van der Waals surface area contributed by atoms with E-state index in [4.69, 9.17) is 4.74 Å². The van der Waals surface area contributed by atoms with Gasteiger partial charge in [0.05, 0.1) is 18.6 Å². The molecule has 0 saturated carbocycles. The molecule has 0 spiro atoms. The van der Waals surface area contributed by atoms with Crippen LogP contribution in [0, 0.1) is 5.82 Å². The van der Waals surface area contributed by atoms with Crippen LogP contribution in [0.4, 0.5) is 4.39 Å². The Labute approximate surface area is 202 Å². The monoisotopic (exact) mass is 469 g/mol. The van der Waals surface area contributed by atoms with Crippen molar-refractivity contribution in [1.29, 1.82) is 0 Å². The quantitative estimate of drug-likeness (QED) is 0.511. The third-order valence-corrected chi connectivity index (χ3v) is 6.28. The molecule has 6 nitrogen and oxygen atoms in total. The van der Waals surface area contributed by atoms with Crippen LogP contribution in [-0.4, -0.2) is 68.1 Å². The summed E-state index contributed by atoms with van der Waals surface area (Å²) in [4.78, 5) is 31.1. The maximum Gasteiger partial charge on any atom is 0.254 e. The highest BCUT2D eigenvalue weighted by atomic mass is 19.1. The zero-order valence-corrected chi connectivity index (χ0v) is 20.4. The SMILES string of the molecule is CCCN(CCC)CCNC(=O)[C@H]1c2ccccc2C(=O)N(CCOC)[C@H]1c1ccc(F)cc1. The Bertz CT molecular complexity index is 944. The first-order chi connectivity index (χ1) is 16.5. The van der Waals surface area contributed by atoms with Crippen LogP contribution >= 0.6 is 0 Å². The van der Waals surface area contributed by atoms with Crippen molar-refractivity contribution in [2.75, 3.05) is 46.4 Å². The molecular formula is C27H36FN3O3. The Morgan fingerprint density at radius 3 is 2.38 bits per heavy atom. The molecule has 7 heteroatoms. The molecule has 2 atom stereocenters. The topological polar surface area (TPSA) is 61.9 Å². The molecule has 0 aliphatic carbocycles. The number of benzene rings is 2. The van der Waals surface area contributed by atoms with Gasteiger partial charge >= 0.3 is 0 Å². The lowest BCUT2D eigenvalue weighted by Gasteiger charge is -2.41. The standard InChI is InChI=1S/C27H36FN3O3/c1-4-15-30(16-5-2)17-14-29-26(32)24-22-8-6-7-9-23(22)27(33)31(18-19-34-3)25(24)20-10-12-21(28)13-11-20/h6-13,24-25H,4-5,14-19H2,1-3H3,(H,29,32)/t24-,25-/m0/s1. The van der Waals surface area contributed by atoms with E-state index in [-0.39, 0.29) is 17.6 Å². The molecule has 1 aliphatic rings. The number of carbonyl (C=O) groups is 2. The van der Waals surface area contributed by atoms with Crippen molar-refractivity contribution in [2.24, 2.45) is 0 Å². The van der Waals surface area contributed by atoms with Crippen molar-refractivity contribution in [2.45, 2.75) is 38.6 Å².